The molecule has 0 saturated carbocycles. The fourth-order valence-corrected chi connectivity index (χ4v) is 4.33. The number of amides is 1. The maximum absolute atomic E-state index is 13.0. The normalized spacial score (nSPS) is 14.6. The molecule has 1 saturated heterocycles. The first-order valence-electron chi connectivity index (χ1n) is 11.1. The second-order valence-corrected chi connectivity index (χ2v) is 8.46. The number of rotatable bonds is 6. The monoisotopic (exact) mass is 472 g/mol. The molecule has 0 atom stereocenters. The van der Waals surface area contributed by atoms with Crippen LogP contribution in [0.25, 0.3) is 0 Å². The Hall–Kier alpha value is -3.79. The molecule has 0 radical (unpaired) electrons. The van der Waals surface area contributed by atoms with E-state index in [0.29, 0.717) is 36.9 Å². The van der Waals surface area contributed by atoms with Crippen molar-refractivity contribution in [1.82, 2.24) is 9.80 Å². The fourth-order valence-electron chi connectivity index (χ4n) is 4.15. The minimum Gasteiger partial charge on any atom is -0.506 e. The lowest BCUT2D eigenvalue weighted by atomic mass is 9.96. The zero-order valence-corrected chi connectivity index (χ0v) is 19.3. The molecule has 6 nitrogen and oxygen atoms in total. The summed E-state index contributed by atoms with van der Waals surface area (Å²) in [7, 11) is 0. The van der Waals surface area contributed by atoms with Crippen LogP contribution in [-0.2, 0) is 4.79 Å². The van der Waals surface area contributed by atoms with Gasteiger partial charge in [0.15, 0.2) is 0 Å². The molecule has 3 aromatic rings. The molecule has 1 heterocycles. The van der Waals surface area contributed by atoms with Gasteiger partial charge in [-0.15, -0.1) is 0 Å². The highest BCUT2D eigenvalue weighted by atomic mass is 35.5. The van der Waals surface area contributed by atoms with E-state index in [1.807, 2.05) is 42.5 Å². The van der Waals surface area contributed by atoms with E-state index in [0.717, 1.165) is 0 Å². The number of hydrogen-bond donors (Lipinski definition) is 2. The first-order chi connectivity index (χ1) is 16.6. The van der Waals surface area contributed by atoms with Crippen molar-refractivity contribution in [2.75, 3.05) is 31.5 Å². The average Bonchev–Trinajstić information content (AvgIpc) is 2.88. The number of anilines is 1. The van der Waals surface area contributed by atoms with Crippen LogP contribution < -0.4 is 5.32 Å². The molecule has 0 spiro atoms. The zero-order chi connectivity index (χ0) is 23.9. The SMILES string of the molecule is N#C/C(=C/Nc1cc(Cl)ccc1O)C(=O)N1CCN(C(c2ccccc2)c2ccccc2)CC1. The van der Waals surface area contributed by atoms with Crippen molar-refractivity contribution >= 4 is 23.2 Å². The molecule has 0 bridgehead atoms. The number of phenols is 1. The second-order valence-electron chi connectivity index (χ2n) is 8.03. The first-order valence-corrected chi connectivity index (χ1v) is 11.4. The van der Waals surface area contributed by atoms with Crippen LogP contribution in [0.15, 0.2) is 90.6 Å². The van der Waals surface area contributed by atoms with Gasteiger partial charge in [0.25, 0.3) is 5.91 Å². The van der Waals surface area contributed by atoms with Gasteiger partial charge in [-0.2, -0.15) is 5.26 Å². The van der Waals surface area contributed by atoms with E-state index in [-0.39, 0.29) is 23.3 Å². The van der Waals surface area contributed by atoms with Crippen molar-refractivity contribution in [2.45, 2.75) is 6.04 Å². The van der Waals surface area contributed by atoms with Gasteiger partial charge in [-0.25, -0.2) is 0 Å². The topological polar surface area (TPSA) is 79.6 Å². The molecule has 0 aliphatic carbocycles. The Morgan fingerprint density at radius 2 is 1.56 bits per heavy atom. The van der Waals surface area contributed by atoms with Crippen LogP contribution >= 0.6 is 11.6 Å². The zero-order valence-electron chi connectivity index (χ0n) is 18.6. The van der Waals surface area contributed by atoms with E-state index < -0.39 is 0 Å². The highest BCUT2D eigenvalue weighted by molar-refractivity contribution is 6.30. The van der Waals surface area contributed by atoms with Crippen molar-refractivity contribution in [3.63, 3.8) is 0 Å². The number of nitriles is 1. The van der Waals surface area contributed by atoms with Gasteiger partial charge in [0, 0.05) is 37.4 Å². The maximum Gasteiger partial charge on any atom is 0.266 e. The molecule has 0 aromatic heterocycles. The van der Waals surface area contributed by atoms with Crippen molar-refractivity contribution in [2.24, 2.45) is 0 Å². The fraction of sp³-hybridized carbons (Fsp3) is 0.185. The molecular formula is C27H25ClN4O2. The number of benzene rings is 3. The van der Waals surface area contributed by atoms with Crippen molar-refractivity contribution in [1.29, 1.82) is 5.26 Å². The molecule has 1 amide bonds. The van der Waals surface area contributed by atoms with Crippen LogP contribution in [-0.4, -0.2) is 47.0 Å². The van der Waals surface area contributed by atoms with Crippen molar-refractivity contribution < 1.29 is 9.90 Å². The number of carbonyl (C=O) groups is 1. The molecule has 3 aromatic carbocycles. The number of nitrogens with one attached hydrogen (secondary N) is 1. The predicted octanol–water partition coefficient (Wildman–Crippen LogP) is 4.80. The van der Waals surface area contributed by atoms with E-state index in [1.54, 1.807) is 11.0 Å². The summed E-state index contributed by atoms with van der Waals surface area (Å²) < 4.78 is 0. The molecule has 2 N–H and O–H groups in total. The number of aromatic hydroxyl groups is 1. The number of halogens is 1. The summed E-state index contributed by atoms with van der Waals surface area (Å²) in [6, 6.07) is 27.3. The summed E-state index contributed by atoms with van der Waals surface area (Å²) in [4.78, 5) is 17.1. The molecule has 1 fully saturated rings. The summed E-state index contributed by atoms with van der Waals surface area (Å²) in [5, 5.41) is 22.8. The highest BCUT2D eigenvalue weighted by Crippen LogP contribution is 2.30. The molecule has 0 unspecified atom stereocenters. The second kappa shape index (κ2) is 10.9. The Balaban J connectivity index is 1.46. The standard InChI is InChI=1S/C27H25ClN4O2/c28-23-11-12-25(33)24(17-23)30-19-22(18-29)27(34)32-15-13-31(14-16-32)26(20-7-3-1-4-8-20)21-9-5-2-6-10-21/h1-12,17,19,26,30,33H,13-16H2/b22-19-. The lowest BCUT2D eigenvalue weighted by Gasteiger charge is -2.39. The smallest absolute Gasteiger partial charge is 0.266 e. The molecule has 4 rings (SSSR count). The summed E-state index contributed by atoms with van der Waals surface area (Å²) in [5.41, 5.74) is 2.70. The van der Waals surface area contributed by atoms with Gasteiger partial charge in [0.2, 0.25) is 0 Å². The van der Waals surface area contributed by atoms with Gasteiger partial charge in [-0.1, -0.05) is 72.3 Å². The van der Waals surface area contributed by atoms with Crippen LogP contribution in [0, 0.1) is 11.3 Å². The van der Waals surface area contributed by atoms with E-state index in [1.165, 1.54) is 29.5 Å². The molecular weight excluding hydrogens is 448 g/mol. The first kappa shape index (κ1) is 23.4. The van der Waals surface area contributed by atoms with E-state index in [4.69, 9.17) is 11.6 Å². The van der Waals surface area contributed by atoms with Crippen LogP contribution in [0.3, 0.4) is 0 Å². The lowest BCUT2D eigenvalue weighted by molar-refractivity contribution is -0.128. The molecule has 1 aliphatic heterocycles. The van der Waals surface area contributed by atoms with E-state index in [9.17, 15) is 15.2 Å². The summed E-state index contributed by atoms with van der Waals surface area (Å²) >= 11 is 5.96. The third kappa shape index (κ3) is 5.40. The Labute approximate surface area is 204 Å². The van der Waals surface area contributed by atoms with Crippen LogP contribution in [0.4, 0.5) is 5.69 Å². The van der Waals surface area contributed by atoms with Gasteiger partial charge >= 0.3 is 0 Å². The predicted molar refractivity (Wildman–Crippen MR) is 133 cm³/mol. The number of nitrogens with zero attached hydrogens (tertiary/aromatic N) is 3. The van der Waals surface area contributed by atoms with E-state index in [2.05, 4.69) is 34.5 Å². The van der Waals surface area contributed by atoms with Gasteiger partial charge in [0.05, 0.1) is 11.7 Å². The number of carbonyl (C=O) groups excluding carboxylic acids is 1. The van der Waals surface area contributed by atoms with Crippen LogP contribution in [0.5, 0.6) is 5.75 Å². The van der Waals surface area contributed by atoms with Gasteiger partial charge in [-0.05, 0) is 29.3 Å². The summed E-state index contributed by atoms with van der Waals surface area (Å²) in [6.07, 6.45) is 1.32. The quantitative estimate of drug-likeness (QED) is 0.306. The number of hydrogen-bond acceptors (Lipinski definition) is 5. The molecule has 1 aliphatic rings. The third-order valence-corrected chi connectivity index (χ3v) is 6.11. The summed E-state index contributed by atoms with van der Waals surface area (Å²) in [5.74, 6) is -0.362. The van der Waals surface area contributed by atoms with Gasteiger partial charge in [-0.3, -0.25) is 9.69 Å². The van der Waals surface area contributed by atoms with E-state index >= 15 is 0 Å². The van der Waals surface area contributed by atoms with Crippen LogP contribution in [0.2, 0.25) is 5.02 Å². The Morgan fingerprint density at radius 1 is 0.971 bits per heavy atom. The van der Waals surface area contributed by atoms with Gasteiger partial charge in [0.1, 0.15) is 17.4 Å². The lowest BCUT2D eigenvalue weighted by Crippen LogP contribution is -2.50. The number of phenolic OH excluding ortho intramolecular Hbond substituents is 1. The van der Waals surface area contributed by atoms with Crippen molar-refractivity contribution in [3.05, 3.63) is 107 Å². The Bertz CT molecular complexity index is 1160. The molecule has 34 heavy (non-hydrogen) atoms. The van der Waals surface area contributed by atoms with Crippen molar-refractivity contribution in [3.8, 4) is 11.8 Å². The molecule has 7 heteroatoms. The highest BCUT2D eigenvalue weighted by Gasteiger charge is 2.29. The Morgan fingerprint density at radius 3 is 2.12 bits per heavy atom. The third-order valence-electron chi connectivity index (χ3n) is 5.88. The average molecular weight is 473 g/mol. The Kier molecular flexibility index (Phi) is 7.48. The summed E-state index contributed by atoms with van der Waals surface area (Å²) in [6.45, 7) is 2.38. The van der Waals surface area contributed by atoms with Crippen LogP contribution in [0.1, 0.15) is 17.2 Å². The number of piperazine rings is 1. The maximum atomic E-state index is 13.0. The minimum atomic E-state index is -0.341. The van der Waals surface area contributed by atoms with Gasteiger partial charge < -0.3 is 15.3 Å². The largest absolute Gasteiger partial charge is 0.506 e. The molecule has 172 valence electrons. The minimum absolute atomic E-state index is 0.0214.